The number of benzene rings is 1. The molecular weight excluding hydrogens is 226 g/mol. The molecule has 4 nitrogen and oxygen atoms in total. The first-order valence-corrected chi connectivity index (χ1v) is 5.85. The molecule has 2 aromatic rings. The van der Waals surface area contributed by atoms with Gasteiger partial charge in [-0.05, 0) is 26.3 Å². The van der Waals surface area contributed by atoms with Crippen molar-refractivity contribution in [2.75, 3.05) is 0 Å². The Morgan fingerprint density at radius 3 is 2.44 bits per heavy atom. The van der Waals surface area contributed by atoms with Crippen LogP contribution in [0.25, 0.3) is 11.3 Å². The van der Waals surface area contributed by atoms with Crippen molar-refractivity contribution >= 4 is 5.91 Å². The van der Waals surface area contributed by atoms with E-state index in [0.717, 1.165) is 16.8 Å². The van der Waals surface area contributed by atoms with Crippen LogP contribution in [0.3, 0.4) is 0 Å². The monoisotopic (exact) mass is 243 g/mol. The van der Waals surface area contributed by atoms with E-state index in [1.54, 1.807) is 18.5 Å². The molecule has 2 N–H and O–H groups in total. The van der Waals surface area contributed by atoms with Gasteiger partial charge in [0, 0.05) is 11.8 Å². The Bertz CT molecular complexity index is 570. The first-order chi connectivity index (χ1) is 8.43. The molecule has 0 radical (unpaired) electrons. The molecule has 0 atom stereocenters. The maximum atomic E-state index is 11.4. The van der Waals surface area contributed by atoms with Crippen LogP contribution in [0.1, 0.15) is 19.4 Å². The minimum atomic E-state index is -0.822. The molecule has 2 rings (SSSR count). The van der Waals surface area contributed by atoms with E-state index in [0.29, 0.717) is 0 Å². The number of rotatable bonds is 3. The fourth-order valence-electron chi connectivity index (χ4n) is 1.74. The number of primary amides is 1. The number of carbonyl (C=O) groups excluding carboxylic acids is 1. The van der Waals surface area contributed by atoms with E-state index >= 15 is 0 Å². The first-order valence-electron chi connectivity index (χ1n) is 5.85. The molecule has 0 saturated carbocycles. The minimum Gasteiger partial charge on any atom is -0.368 e. The second-order valence-corrected chi connectivity index (χ2v) is 4.89. The number of aromatic nitrogens is 2. The lowest BCUT2D eigenvalue weighted by Gasteiger charge is -2.20. The van der Waals surface area contributed by atoms with Crippen molar-refractivity contribution in [1.82, 2.24) is 9.78 Å². The maximum absolute atomic E-state index is 11.4. The van der Waals surface area contributed by atoms with Crippen LogP contribution in [-0.4, -0.2) is 15.7 Å². The Morgan fingerprint density at radius 2 is 1.89 bits per heavy atom. The Labute approximate surface area is 106 Å². The van der Waals surface area contributed by atoms with Crippen LogP contribution in [0.4, 0.5) is 0 Å². The molecule has 1 heterocycles. The third-order valence-corrected chi connectivity index (χ3v) is 3.12. The summed E-state index contributed by atoms with van der Waals surface area (Å²) in [6.07, 6.45) is 1.85. The van der Waals surface area contributed by atoms with Gasteiger partial charge in [-0.25, -0.2) is 0 Å². The molecule has 0 fully saturated rings. The van der Waals surface area contributed by atoms with Gasteiger partial charge in [-0.15, -0.1) is 0 Å². The lowest BCUT2D eigenvalue weighted by atomic mass is 10.1. The maximum Gasteiger partial charge on any atom is 0.244 e. The van der Waals surface area contributed by atoms with Gasteiger partial charge < -0.3 is 5.73 Å². The molecule has 1 aromatic heterocycles. The lowest BCUT2D eigenvalue weighted by molar-refractivity contribution is -0.125. The van der Waals surface area contributed by atoms with Gasteiger partial charge in [-0.1, -0.05) is 30.3 Å². The number of nitrogens with two attached hydrogens (primary N) is 1. The number of hydrogen-bond donors (Lipinski definition) is 1. The molecule has 0 saturated heterocycles. The number of amides is 1. The lowest BCUT2D eigenvalue weighted by Crippen LogP contribution is -2.41. The second kappa shape index (κ2) is 4.29. The smallest absolute Gasteiger partial charge is 0.244 e. The molecule has 0 aliphatic carbocycles. The van der Waals surface area contributed by atoms with Crippen molar-refractivity contribution in [2.24, 2.45) is 5.73 Å². The van der Waals surface area contributed by atoms with E-state index in [2.05, 4.69) is 5.10 Å². The summed E-state index contributed by atoms with van der Waals surface area (Å²) in [5.74, 6) is -0.399. The first kappa shape index (κ1) is 12.4. The topological polar surface area (TPSA) is 60.9 Å². The third-order valence-electron chi connectivity index (χ3n) is 3.12. The predicted octanol–water partition coefficient (Wildman–Crippen LogP) is 2.08. The van der Waals surface area contributed by atoms with Gasteiger partial charge in [0.25, 0.3) is 0 Å². The van der Waals surface area contributed by atoms with Gasteiger partial charge in [-0.2, -0.15) is 5.10 Å². The minimum absolute atomic E-state index is 0.399. The van der Waals surface area contributed by atoms with Crippen LogP contribution in [0.2, 0.25) is 0 Å². The van der Waals surface area contributed by atoms with Crippen molar-refractivity contribution in [2.45, 2.75) is 26.3 Å². The van der Waals surface area contributed by atoms with Gasteiger partial charge >= 0.3 is 0 Å². The largest absolute Gasteiger partial charge is 0.368 e. The highest BCUT2D eigenvalue weighted by atomic mass is 16.1. The summed E-state index contributed by atoms with van der Waals surface area (Å²) in [6.45, 7) is 5.50. The van der Waals surface area contributed by atoms with Crippen LogP contribution < -0.4 is 5.73 Å². The van der Waals surface area contributed by atoms with Crippen molar-refractivity contribution in [3.8, 4) is 11.3 Å². The van der Waals surface area contributed by atoms with E-state index < -0.39 is 11.4 Å². The normalized spacial score (nSPS) is 11.5. The van der Waals surface area contributed by atoms with E-state index in [1.807, 2.05) is 43.5 Å². The number of hydrogen-bond acceptors (Lipinski definition) is 2. The summed E-state index contributed by atoms with van der Waals surface area (Å²) in [5, 5.41) is 4.49. The summed E-state index contributed by atoms with van der Waals surface area (Å²) in [4.78, 5) is 11.4. The molecule has 0 bridgehead atoms. The summed E-state index contributed by atoms with van der Waals surface area (Å²) in [6, 6.07) is 9.89. The van der Waals surface area contributed by atoms with Crippen LogP contribution >= 0.6 is 0 Å². The molecule has 0 aliphatic rings. The second-order valence-electron chi connectivity index (χ2n) is 4.89. The molecule has 94 valence electrons. The highest BCUT2D eigenvalue weighted by Crippen LogP contribution is 2.24. The Morgan fingerprint density at radius 1 is 1.28 bits per heavy atom. The van der Waals surface area contributed by atoms with E-state index in [4.69, 9.17) is 5.73 Å². The SMILES string of the molecule is Cc1cn(C(C)(C)C(N)=O)nc1-c1ccccc1. The third kappa shape index (κ3) is 2.01. The predicted molar refractivity (Wildman–Crippen MR) is 70.9 cm³/mol. The van der Waals surface area contributed by atoms with Gasteiger partial charge in [0.05, 0.1) is 5.69 Å². The Balaban J connectivity index is 2.49. The number of aryl methyl sites for hydroxylation is 1. The van der Waals surface area contributed by atoms with E-state index in [-0.39, 0.29) is 0 Å². The van der Waals surface area contributed by atoms with Crippen LogP contribution in [-0.2, 0) is 10.3 Å². The van der Waals surface area contributed by atoms with Gasteiger partial charge in [0.1, 0.15) is 5.54 Å². The van der Waals surface area contributed by atoms with Gasteiger partial charge in [0.15, 0.2) is 0 Å². The zero-order chi connectivity index (χ0) is 13.3. The van der Waals surface area contributed by atoms with Crippen LogP contribution in [0.15, 0.2) is 36.5 Å². The average molecular weight is 243 g/mol. The highest BCUT2D eigenvalue weighted by molar-refractivity contribution is 5.81. The van der Waals surface area contributed by atoms with Crippen LogP contribution in [0.5, 0.6) is 0 Å². The Kier molecular flexibility index (Phi) is 2.95. The fraction of sp³-hybridized carbons (Fsp3) is 0.286. The fourth-order valence-corrected chi connectivity index (χ4v) is 1.74. The summed E-state index contributed by atoms with van der Waals surface area (Å²) in [7, 11) is 0. The van der Waals surface area contributed by atoms with E-state index in [9.17, 15) is 4.79 Å². The average Bonchev–Trinajstić information content (AvgIpc) is 2.73. The summed E-state index contributed by atoms with van der Waals surface area (Å²) >= 11 is 0. The quantitative estimate of drug-likeness (QED) is 0.897. The highest BCUT2D eigenvalue weighted by Gasteiger charge is 2.28. The van der Waals surface area contributed by atoms with Crippen LogP contribution in [0, 0.1) is 6.92 Å². The number of carbonyl (C=O) groups is 1. The molecule has 0 unspecified atom stereocenters. The molecule has 1 amide bonds. The zero-order valence-corrected chi connectivity index (χ0v) is 10.8. The van der Waals surface area contributed by atoms with E-state index in [1.165, 1.54) is 0 Å². The molecule has 18 heavy (non-hydrogen) atoms. The Hall–Kier alpha value is -2.10. The van der Waals surface area contributed by atoms with Crippen molar-refractivity contribution in [3.05, 3.63) is 42.1 Å². The summed E-state index contributed by atoms with van der Waals surface area (Å²) < 4.78 is 1.63. The van der Waals surface area contributed by atoms with Crippen molar-refractivity contribution in [3.63, 3.8) is 0 Å². The molecule has 1 aromatic carbocycles. The molecule has 4 heteroatoms. The zero-order valence-electron chi connectivity index (χ0n) is 10.8. The van der Waals surface area contributed by atoms with Crippen molar-refractivity contribution in [1.29, 1.82) is 0 Å². The molecular formula is C14H17N3O. The number of nitrogens with zero attached hydrogens (tertiary/aromatic N) is 2. The molecule has 0 aliphatic heterocycles. The van der Waals surface area contributed by atoms with Gasteiger partial charge in [-0.3, -0.25) is 9.48 Å². The van der Waals surface area contributed by atoms with Gasteiger partial charge in [0.2, 0.25) is 5.91 Å². The van der Waals surface area contributed by atoms with Crippen molar-refractivity contribution < 1.29 is 4.79 Å². The summed E-state index contributed by atoms with van der Waals surface area (Å²) in [5.41, 5.74) is 7.52. The standard InChI is InChI=1S/C14H17N3O/c1-10-9-17(14(2,3)13(15)18)16-12(10)11-7-5-4-6-8-11/h4-9H,1-3H3,(H2,15,18). The molecule has 0 spiro atoms.